The van der Waals surface area contributed by atoms with Gasteiger partial charge in [0.15, 0.2) is 5.78 Å². The van der Waals surface area contributed by atoms with Gasteiger partial charge in [-0.25, -0.2) is 4.39 Å². The van der Waals surface area contributed by atoms with Crippen LogP contribution in [0.5, 0.6) is 0 Å². The van der Waals surface area contributed by atoms with Gasteiger partial charge in [-0.2, -0.15) is 8.78 Å². The standard InChI is InChI=1S/C37H41F3N2O4.H2/c1-23-31-16-17-32(36(44)41-18-19-45-22-25-2-3-25)35(46-37(39)40)33(31)21-42(23)20-24-4-6-28(7-5-24)34(43)29-10-8-26(9-11-29)27-12-14-30(38)15-13-27;/h8-17,21,23-25,28,31,37H,2-7,18-20,22H2,1H3,(H,41,44);1H. The maximum absolute atomic E-state index is 13.5. The molecule has 2 aromatic carbocycles. The summed E-state index contributed by atoms with van der Waals surface area (Å²) >= 11 is 0. The van der Waals surface area contributed by atoms with Gasteiger partial charge in [-0.3, -0.25) is 9.59 Å². The van der Waals surface area contributed by atoms with Crippen LogP contribution in [-0.4, -0.2) is 55.5 Å². The SMILES string of the molecule is CC1C2C=CC(C(=O)NCCOCC3CC3)=C(OC(F)F)C2=CN1CC1CCC(C(=O)c2ccc(-c3ccc(F)cc3)cc2)CC1.[HH]. The number of ether oxygens (including phenoxy) is 2. The van der Waals surface area contributed by atoms with Crippen LogP contribution in [0.3, 0.4) is 0 Å². The highest BCUT2D eigenvalue weighted by molar-refractivity contribution is 5.98. The third kappa shape index (κ3) is 7.57. The van der Waals surface area contributed by atoms with E-state index in [1.54, 1.807) is 18.2 Å². The summed E-state index contributed by atoms with van der Waals surface area (Å²) in [4.78, 5) is 28.4. The van der Waals surface area contributed by atoms with Crippen molar-refractivity contribution >= 4 is 11.7 Å². The third-order valence-electron chi connectivity index (χ3n) is 9.75. The zero-order chi connectivity index (χ0) is 32.2. The molecule has 246 valence electrons. The number of rotatable bonds is 13. The summed E-state index contributed by atoms with van der Waals surface area (Å²) in [5, 5.41) is 2.78. The molecular formula is C37H43F3N2O4. The van der Waals surface area contributed by atoms with Crippen molar-refractivity contribution in [3.63, 3.8) is 0 Å². The van der Waals surface area contributed by atoms with Crippen molar-refractivity contribution in [3.05, 3.63) is 95.2 Å². The lowest BCUT2D eigenvalue weighted by molar-refractivity contribution is -0.118. The van der Waals surface area contributed by atoms with E-state index >= 15 is 0 Å². The second-order valence-corrected chi connectivity index (χ2v) is 13.0. The zero-order valence-corrected chi connectivity index (χ0v) is 26.1. The third-order valence-corrected chi connectivity index (χ3v) is 9.75. The van der Waals surface area contributed by atoms with Crippen LogP contribution in [0.1, 0.15) is 57.2 Å². The van der Waals surface area contributed by atoms with Crippen LogP contribution in [-0.2, 0) is 14.3 Å². The summed E-state index contributed by atoms with van der Waals surface area (Å²) in [6.45, 7) is 1.10. The molecule has 0 radical (unpaired) electrons. The first-order chi connectivity index (χ1) is 22.3. The summed E-state index contributed by atoms with van der Waals surface area (Å²) in [6, 6.07) is 13.8. The smallest absolute Gasteiger partial charge is 0.387 e. The minimum Gasteiger partial charge on any atom is -0.434 e. The molecule has 2 aromatic rings. The number of alkyl halides is 2. The number of amides is 1. The summed E-state index contributed by atoms with van der Waals surface area (Å²) in [5.41, 5.74) is 3.21. The highest BCUT2D eigenvalue weighted by Gasteiger charge is 2.39. The van der Waals surface area contributed by atoms with E-state index < -0.39 is 12.5 Å². The molecule has 0 aromatic heterocycles. The summed E-state index contributed by atoms with van der Waals surface area (Å²) < 4.78 is 50.9. The van der Waals surface area contributed by atoms with Crippen molar-refractivity contribution in [2.75, 3.05) is 26.3 Å². The second kappa shape index (κ2) is 14.3. The first kappa shape index (κ1) is 32.1. The van der Waals surface area contributed by atoms with E-state index in [4.69, 9.17) is 9.47 Å². The van der Waals surface area contributed by atoms with Crippen molar-refractivity contribution < 1.29 is 33.7 Å². The van der Waals surface area contributed by atoms with Gasteiger partial charge in [0.25, 0.3) is 5.91 Å². The van der Waals surface area contributed by atoms with Crippen molar-refractivity contribution in [2.45, 2.75) is 58.1 Å². The fourth-order valence-corrected chi connectivity index (χ4v) is 6.85. The van der Waals surface area contributed by atoms with Gasteiger partial charge in [0.1, 0.15) is 11.6 Å². The second-order valence-electron chi connectivity index (χ2n) is 13.0. The van der Waals surface area contributed by atoms with E-state index in [2.05, 4.69) is 17.1 Å². The van der Waals surface area contributed by atoms with Crippen LogP contribution < -0.4 is 5.32 Å². The first-order valence-electron chi connectivity index (χ1n) is 16.4. The average molecular weight is 637 g/mol. The summed E-state index contributed by atoms with van der Waals surface area (Å²) in [7, 11) is 0. The number of benzene rings is 2. The Balaban J connectivity index is 0.00000433. The van der Waals surface area contributed by atoms with Crippen LogP contribution in [0, 0.1) is 29.5 Å². The predicted molar refractivity (Wildman–Crippen MR) is 171 cm³/mol. The van der Waals surface area contributed by atoms with Crippen LogP contribution in [0.4, 0.5) is 13.2 Å². The molecule has 1 aliphatic heterocycles. The molecule has 6 rings (SSSR count). The van der Waals surface area contributed by atoms with Crippen molar-refractivity contribution in [1.29, 1.82) is 0 Å². The number of hydrogen-bond acceptors (Lipinski definition) is 5. The predicted octanol–water partition coefficient (Wildman–Crippen LogP) is 7.54. The molecule has 2 fully saturated rings. The molecule has 3 aliphatic carbocycles. The Kier molecular flexibility index (Phi) is 9.97. The molecule has 2 unspecified atom stereocenters. The fourth-order valence-electron chi connectivity index (χ4n) is 6.85. The van der Waals surface area contributed by atoms with E-state index in [0.29, 0.717) is 42.7 Å². The molecule has 2 saturated carbocycles. The number of nitrogens with one attached hydrogen (secondary N) is 1. The van der Waals surface area contributed by atoms with E-state index in [1.165, 1.54) is 25.0 Å². The van der Waals surface area contributed by atoms with Gasteiger partial charge in [0, 0.05) is 56.3 Å². The molecule has 46 heavy (non-hydrogen) atoms. The van der Waals surface area contributed by atoms with E-state index in [9.17, 15) is 22.8 Å². The molecule has 0 spiro atoms. The topological polar surface area (TPSA) is 67.9 Å². The van der Waals surface area contributed by atoms with Gasteiger partial charge < -0.3 is 19.7 Å². The highest BCUT2D eigenvalue weighted by Crippen LogP contribution is 2.41. The van der Waals surface area contributed by atoms with E-state index in [0.717, 1.165) is 43.4 Å². The van der Waals surface area contributed by atoms with Crippen molar-refractivity contribution in [3.8, 4) is 11.1 Å². The molecule has 4 aliphatic rings. The first-order valence-corrected chi connectivity index (χ1v) is 16.4. The fraction of sp³-hybridized carbons (Fsp3) is 0.459. The maximum atomic E-state index is 13.5. The lowest BCUT2D eigenvalue weighted by Gasteiger charge is -2.34. The van der Waals surface area contributed by atoms with Crippen LogP contribution in [0.15, 0.2) is 83.8 Å². The quantitative estimate of drug-likeness (QED) is 0.182. The molecule has 0 saturated heterocycles. The normalized spacial score (nSPS) is 24.2. The zero-order valence-electron chi connectivity index (χ0n) is 26.1. The number of Topliss-reactive ketones (excluding diaryl/α,β-unsaturated/α-hetero) is 1. The monoisotopic (exact) mass is 636 g/mol. The largest absolute Gasteiger partial charge is 0.434 e. The Hall–Kier alpha value is -3.85. The Morgan fingerprint density at radius 2 is 1.61 bits per heavy atom. The van der Waals surface area contributed by atoms with Crippen LogP contribution in [0.25, 0.3) is 11.1 Å². The van der Waals surface area contributed by atoms with E-state index in [-0.39, 0.29) is 42.2 Å². The Morgan fingerprint density at radius 1 is 0.957 bits per heavy atom. The van der Waals surface area contributed by atoms with Gasteiger partial charge in [0.2, 0.25) is 0 Å². The van der Waals surface area contributed by atoms with Crippen molar-refractivity contribution in [1.82, 2.24) is 10.2 Å². The Bertz CT molecular complexity index is 1500. The average Bonchev–Trinajstić information content (AvgIpc) is 3.83. The molecule has 1 amide bonds. The molecule has 1 N–H and O–H groups in total. The summed E-state index contributed by atoms with van der Waals surface area (Å²) in [6.07, 6.45) is 11.1. The van der Waals surface area contributed by atoms with Gasteiger partial charge >= 0.3 is 6.61 Å². The number of carbonyl (C=O) groups is 2. The molecular weight excluding hydrogens is 593 g/mol. The van der Waals surface area contributed by atoms with Crippen LogP contribution in [0.2, 0.25) is 0 Å². The number of ketones is 1. The minimum absolute atomic E-state index is 0. The molecule has 6 nitrogen and oxygen atoms in total. The van der Waals surface area contributed by atoms with Gasteiger partial charge in [-0.1, -0.05) is 42.5 Å². The highest BCUT2D eigenvalue weighted by atomic mass is 19.3. The number of carbonyl (C=O) groups excluding carboxylic acids is 2. The van der Waals surface area contributed by atoms with Crippen molar-refractivity contribution in [2.24, 2.45) is 23.7 Å². The van der Waals surface area contributed by atoms with Gasteiger partial charge in [-0.05, 0) is 86.6 Å². The lowest BCUT2D eigenvalue weighted by atomic mass is 9.78. The molecule has 1 heterocycles. The van der Waals surface area contributed by atoms with Crippen LogP contribution >= 0.6 is 0 Å². The lowest BCUT2D eigenvalue weighted by Crippen LogP contribution is -2.35. The van der Waals surface area contributed by atoms with Gasteiger partial charge in [-0.15, -0.1) is 0 Å². The Labute approximate surface area is 269 Å². The number of nitrogens with zero attached hydrogens (tertiary/aromatic N) is 1. The minimum atomic E-state index is -3.05. The Morgan fingerprint density at radius 3 is 2.26 bits per heavy atom. The number of allylic oxidation sites excluding steroid dienone is 1. The maximum Gasteiger partial charge on any atom is 0.387 e. The molecule has 9 heteroatoms. The van der Waals surface area contributed by atoms with E-state index in [1.807, 2.05) is 36.5 Å². The molecule has 2 atom stereocenters. The molecule has 0 bridgehead atoms. The number of hydrogen-bond donors (Lipinski definition) is 1. The number of halogens is 3. The number of fused-ring (bicyclic) bond motifs is 1. The summed E-state index contributed by atoms with van der Waals surface area (Å²) in [5.74, 6) is 0.122. The van der Waals surface area contributed by atoms with Gasteiger partial charge in [0.05, 0.1) is 12.2 Å².